The molecule has 0 bridgehead atoms. The highest BCUT2D eigenvalue weighted by atomic mass is 16.2. The average Bonchev–Trinajstić information content (AvgIpc) is 3.40. The first-order chi connectivity index (χ1) is 16.7. The molecular weight excluding hydrogens is 424 g/mol. The van der Waals surface area contributed by atoms with Crippen molar-refractivity contribution in [2.45, 2.75) is 44.4 Å². The van der Waals surface area contributed by atoms with Gasteiger partial charge in [0.15, 0.2) is 0 Å². The molecule has 2 aromatic heterocycles. The second-order valence-electron chi connectivity index (χ2n) is 8.91. The molecule has 1 amide bonds. The van der Waals surface area contributed by atoms with Crippen molar-refractivity contribution >= 4 is 28.8 Å². The summed E-state index contributed by atoms with van der Waals surface area (Å²) in [6.45, 7) is 9.05. The zero-order valence-electron chi connectivity index (χ0n) is 19.1. The Morgan fingerprint density at radius 1 is 1.15 bits per heavy atom. The van der Waals surface area contributed by atoms with E-state index >= 15 is 0 Å². The molecule has 2 aliphatic rings. The summed E-state index contributed by atoms with van der Waals surface area (Å²) in [5.74, 6) is 1.61. The summed E-state index contributed by atoms with van der Waals surface area (Å²) < 4.78 is 0. The maximum Gasteiger partial charge on any atom is 0.314 e. The maximum absolute atomic E-state index is 12.8. The predicted octanol–water partition coefficient (Wildman–Crippen LogP) is 5.95. The van der Waals surface area contributed by atoms with Crippen molar-refractivity contribution in [2.24, 2.45) is 0 Å². The molecule has 0 unspecified atom stereocenters. The van der Waals surface area contributed by atoms with Crippen LogP contribution >= 0.6 is 0 Å². The number of carbonyl (C=O) groups is 1. The number of nitrogens with zero attached hydrogens (tertiary/aromatic N) is 4. The fourth-order valence-corrected chi connectivity index (χ4v) is 4.92. The summed E-state index contributed by atoms with van der Waals surface area (Å²) in [6.07, 6.45) is 12.2. The number of rotatable bonds is 5. The molecular formula is C27H28N6O. The third kappa shape index (κ3) is 4.72. The van der Waals surface area contributed by atoms with Crippen LogP contribution in [0.5, 0.6) is 0 Å². The molecule has 1 aromatic carbocycles. The van der Waals surface area contributed by atoms with Crippen LogP contribution in [0.3, 0.4) is 0 Å². The minimum absolute atomic E-state index is 0.153. The molecule has 0 atom stereocenters. The van der Waals surface area contributed by atoms with Crippen molar-refractivity contribution in [3.8, 4) is 0 Å². The first-order valence-electron chi connectivity index (χ1n) is 11.9. The fourth-order valence-electron chi connectivity index (χ4n) is 4.92. The molecule has 0 spiro atoms. The zero-order chi connectivity index (χ0) is 23.3. The van der Waals surface area contributed by atoms with Crippen LogP contribution in [0.1, 0.15) is 66.2 Å². The van der Waals surface area contributed by atoms with Crippen molar-refractivity contribution in [3.63, 3.8) is 0 Å². The molecule has 0 saturated carbocycles. The van der Waals surface area contributed by atoms with Crippen molar-refractivity contribution in [2.75, 3.05) is 23.3 Å². The van der Waals surface area contributed by atoms with Gasteiger partial charge in [-0.1, -0.05) is 24.8 Å². The molecule has 172 valence electrons. The highest BCUT2D eigenvalue weighted by Crippen LogP contribution is 2.37. The number of anilines is 2. The van der Waals surface area contributed by atoms with Gasteiger partial charge in [-0.15, -0.1) is 0 Å². The third-order valence-electron chi connectivity index (χ3n) is 6.77. The van der Waals surface area contributed by atoms with Crippen LogP contribution in [-0.4, -0.2) is 33.9 Å². The number of amides is 1. The van der Waals surface area contributed by atoms with Gasteiger partial charge >= 0.3 is 5.91 Å². The maximum atomic E-state index is 12.8. The Morgan fingerprint density at radius 3 is 2.74 bits per heavy atom. The summed E-state index contributed by atoms with van der Waals surface area (Å²) >= 11 is 0. The minimum Gasteiger partial charge on any atom is -0.363 e. The number of aromatic nitrogens is 3. The molecule has 3 aromatic rings. The van der Waals surface area contributed by atoms with Crippen molar-refractivity contribution in [3.05, 3.63) is 83.2 Å². The molecule has 1 aliphatic heterocycles. The summed E-state index contributed by atoms with van der Waals surface area (Å²) in [6, 6.07) is 12.5. The van der Waals surface area contributed by atoms with E-state index in [4.69, 9.17) is 6.57 Å². The smallest absolute Gasteiger partial charge is 0.314 e. The van der Waals surface area contributed by atoms with Crippen LogP contribution in [0.25, 0.3) is 10.4 Å². The predicted molar refractivity (Wildman–Crippen MR) is 134 cm³/mol. The Balaban J connectivity index is 1.37. The van der Waals surface area contributed by atoms with Crippen molar-refractivity contribution in [1.82, 2.24) is 15.0 Å². The molecule has 34 heavy (non-hydrogen) atoms. The van der Waals surface area contributed by atoms with Crippen LogP contribution in [-0.2, 0) is 0 Å². The van der Waals surface area contributed by atoms with Crippen LogP contribution in [0.4, 0.5) is 17.3 Å². The lowest BCUT2D eigenvalue weighted by molar-refractivity contribution is 0.101. The number of H-pyrrole nitrogens is 1. The first-order valence-corrected chi connectivity index (χ1v) is 11.9. The molecule has 2 N–H and O–H groups in total. The molecule has 7 heteroatoms. The van der Waals surface area contributed by atoms with Crippen LogP contribution < -0.4 is 10.2 Å². The van der Waals surface area contributed by atoms with Crippen molar-refractivity contribution in [1.29, 1.82) is 0 Å². The van der Waals surface area contributed by atoms with Crippen LogP contribution in [0, 0.1) is 6.57 Å². The molecule has 0 radical (unpaired) electrons. The molecule has 1 aliphatic carbocycles. The van der Waals surface area contributed by atoms with E-state index in [1.807, 2.05) is 24.4 Å². The SMILES string of the molecule is [C-]#[N+]c1cnc(C(=O)Nc2ccc(C3CCN(c4ccccn4)CC3)cc2C2=CCCCC2)[nH]1. The van der Waals surface area contributed by atoms with E-state index in [0.29, 0.717) is 5.92 Å². The second kappa shape index (κ2) is 9.92. The van der Waals surface area contributed by atoms with Gasteiger partial charge in [-0.25, -0.2) is 9.97 Å². The van der Waals surface area contributed by atoms with Crippen LogP contribution in [0.15, 0.2) is 54.9 Å². The lowest BCUT2D eigenvalue weighted by Crippen LogP contribution is -2.33. The van der Waals surface area contributed by atoms with E-state index in [-0.39, 0.29) is 17.5 Å². The lowest BCUT2D eigenvalue weighted by atomic mass is 9.85. The van der Waals surface area contributed by atoms with Gasteiger partial charge in [0.2, 0.25) is 5.82 Å². The number of nitrogens with one attached hydrogen (secondary N) is 2. The Kier molecular flexibility index (Phi) is 6.39. The van der Waals surface area contributed by atoms with Gasteiger partial charge in [-0.2, -0.15) is 0 Å². The van der Waals surface area contributed by atoms with Gasteiger partial charge in [-0.05, 0) is 79.8 Å². The van der Waals surface area contributed by atoms with Gasteiger partial charge in [0.1, 0.15) is 5.82 Å². The highest BCUT2D eigenvalue weighted by Gasteiger charge is 2.24. The van der Waals surface area contributed by atoms with E-state index in [1.165, 1.54) is 30.2 Å². The number of hydrogen-bond acceptors (Lipinski definition) is 4. The quantitative estimate of drug-likeness (QED) is 0.469. The Labute approximate surface area is 199 Å². The average molecular weight is 453 g/mol. The fraction of sp³-hybridized carbons (Fsp3) is 0.333. The standard InChI is InChI=1S/C27H28N6O/c1-28-24-18-30-26(32-24)27(34)31-23-11-10-21(17-22(23)20-7-3-2-4-8-20)19-12-15-33(16-13-19)25-9-5-6-14-29-25/h5-7,9-11,14,17-19H,2-4,8,12-13,15-16H2,(H,30,32)(H,31,34). The molecule has 5 rings (SSSR count). The number of carbonyl (C=O) groups excluding carboxylic acids is 1. The Hall–Kier alpha value is -3.92. The van der Waals surface area contributed by atoms with E-state index in [2.05, 4.69) is 54.3 Å². The molecule has 3 heterocycles. The van der Waals surface area contributed by atoms with Gasteiger partial charge in [0.25, 0.3) is 5.82 Å². The minimum atomic E-state index is -0.330. The zero-order valence-corrected chi connectivity index (χ0v) is 19.1. The van der Waals surface area contributed by atoms with Gasteiger partial charge in [-0.3, -0.25) is 9.78 Å². The highest BCUT2D eigenvalue weighted by molar-refractivity contribution is 6.03. The number of benzene rings is 1. The first kappa shape index (κ1) is 21.9. The summed E-state index contributed by atoms with van der Waals surface area (Å²) in [7, 11) is 0. The van der Waals surface area contributed by atoms with E-state index < -0.39 is 0 Å². The van der Waals surface area contributed by atoms with Gasteiger partial charge < -0.3 is 15.1 Å². The van der Waals surface area contributed by atoms with E-state index in [1.54, 1.807) is 0 Å². The van der Waals surface area contributed by atoms with Crippen LogP contribution in [0.2, 0.25) is 0 Å². The Morgan fingerprint density at radius 2 is 2.03 bits per heavy atom. The third-order valence-corrected chi connectivity index (χ3v) is 6.77. The normalized spacial score (nSPS) is 16.6. The monoisotopic (exact) mass is 452 g/mol. The van der Waals surface area contributed by atoms with E-state index in [0.717, 1.165) is 55.8 Å². The largest absolute Gasteiger partial charge is 0.363 e. The lowest BCUT2D eigenvalue weighted by Gasteiger charge is -2.33. The number of imidazole rings is 1. The number of allylic oxidation sites excluding steroid dienone is 2. The van der Waals surface area contributed by atoms with Gasteiger partial charge in [0.05, 0.1) is 6.20 Å². The second-order valence-corrected chi connectivity index (χ2v) is 8.91. The van der Waals surface area contributed by atoms with Gasteiger partial charge in [0, 0.05) is 30.5 Å². The number of piperidine rings is 1. The number of aromatic amines is 1. The van der Waals surface area contributed by atoms with E-state index in [9.17, 15) is 4.79 Å². The molecule has 1 saturated heterocycles. The molecule has 1 fully saturated rings. The number of hydrogen-bond donors (Lipinski definition) is 2. The number of pyridine rings is 1. The topological polar surface area (TPSA) is 78.3 Å². The summed E-state index contributed by atoms with van der Waals surface area (Å²) in [4.78, 5) is 29.8. The summed E-state index contributed by atoms with van der Waals surface area (Å²) in [5, 5.41) is 3.03. The Bertz CT molecular complexity index is 1230. The van der Waals surface area contributed by atoms with Crippen molar-refractivity contribution < 1.29 is 4.79 Å². The molecule has 7 nitrogen and oxygen atoms in total. The summed E-state index contributed by atoms with van der Waals surface area (Å²) in [5.41, 5.74) is 4.53.